The fourth-order valence-corrected chi connectivity index (χ4v) is 2.96. The first-order chi connectivity index (χ1) is 9.38. The molecule has 20 heavy (non-hydrogen) atoms. The first kappa shape index (κ1) is 16.7. The maximum Gasteiger partial charge on any atom is 0.306 e. The molecule has 4 atom stereocenters. The number of rotatable bonds is 6. The maximum atomic E-state index is 11.4. The Morgan fingerprint density at radius 3 is 2.35 bits per heavy atom. The molecular weight excluding hydrogens is 256 g/mol. The van der Waals surface area contributed by atoms with E-state index in [0.717, 1.165) is 12.8 Å². The highest BCUT2D eigenvalue weighted by Crippen LogP contribution is 2.33. The average Bonchev–Trinajstić information content (AvgIpc) is 2.76. The number of amides is 1. The van der Waals surface area contributed by atoms with Gasteiger partial charge in [0.25, 0.3) is 0 Å². The van der Waals surface area contributed by atoms with Crippen molar-refractivity contribution in [3.8, 4) is 0 Å². The van der Waals surface area contributed by atoms with E-state index in [1.807, 2.05) is 0 Å². The molecule has 1 rings (SSSR count). The summed E-state index contributed by atoms with van der Waals surface area (Å²) in [5.74, 6) is -1.30. The molecule has 0 saturated heterocycles. The van der Waals surface area contributed by atoms with Crippen LogP contribution < -0.4 is 11.1 Å². The van der Waals surface area contributed by atoms with Crippen molar-refractivity contribution in [1.82, 2.24) is 5.32 Å². The number of carboxylic acids is 1. The molecule has 1 amide bonds. The van der Waals surface area contributed by atoms with Crippen LogP contribution in [0.4, 0.5) is 0 Å². The fraction of sp³-hybridized carbons (Fsp3) is 0.733. The van der Waals surface area contributed by atoms with Crippen LogP contribution in [-0.2, 0) is 9.59 Å². The second-order valence-corrected chi connectivity index (χ2v) is 5.59. The Labute approximate surface area is 120 Å². The van der Waals surface area contributed by atoms with Crippen LogP contribution in [0.1, 0.15) is 46.5 Å². The molecule has 0 spiro atoms. The smallest absolute Gasteiger partial charge is 0.306 e. The summed E-state index contributed by atoms with van der Waals surface area (Å²) in [7, 11) is 0. The van der Waals surface area contributed by atoms with Crippen molar-refractivity contribution in [1.29, 1.82) is 0 Å². The van der Waals surface area contributed by atoms with Gasteiger partial charge in [-0.25, -0.2) is 0 Å². The summed E-state index contributed by atoms with van der Waals surface area (Å²) < 4.78 is 0. The molecule has 1 aliphatic carbocycles. The number of carbonyl (C=O) groups is 2. The molecule has 0 bridgehead atoms. The monoisotopic (exact) mass is 282 g/mol. The summed E-state index contributed by atoms with van der Waals surface area (Å²) in [5, 5.41) is 12.1. The molecule has 0 aromatic carbocycles. The number of nitrogens with two attached hydrogens (primary N) is 1. The Kier molecular flexibility index (Phi) is 6.20. The average molecular weight is 282 g/mol. The highest BCUT2D eigenvalue weighted by molar-refractivity contribution is 5.74. The molecule has 1 fully saturated rings. The zero-order valence-corrected chi connectivity index (χ0v) is 12.6. The van der Waals surface area contributed by atoms with Crippen LogP contribution in [0.2, 0.25) is 0 Å². The second-order valence-electron chi connectivity index (χ2n) is 5.59. The number of allylic oxidation sites excluding steroid dienone is 1. The van der Waals surface area contributed by atoms with Gasteiger partial charge < -0.3 is 16.2 Å². The van der Waals surface area contributed by atoms with Crippen LogP contribution in [0, 0.1) is 11.8 Å². The minimum absolute atomic E-state index is 0.00639. The number of carbonyl (C=O) groups excluding carboxylic acids is 1. The molecule has 5 nitrogen and oxygen atoms in total. The molecule has 0 aliphatic heterocycles. The number of aliphatic carboxylic acids is 1. The summed E-state index contributed by atoms with van der Waals surface area (Å²) >= 11 is 0. The Morgan fingerprint density at radius 2 is 1.95 bits per heavy atom. The van der Waals surface area contributed by atoms with E-state index in [1.165, 1.54) is 12.5 Å². The van der Waals surface area contributed by atoms with Gasteiger partial charge in [-0.05, 0) is 31.6 Å². The lowest BCUT2D eigenvalue weighted by Gasteiger charge is -2.25. The molecule has 5 heteroatoms. The van der Waals surface area contributed by atoms with Crippen molar-refractivity contribution in [2.45, 2.75) is 58.5 Å². The first-order valence-electron chi connectivity index (χ1n) is 7.34. The Balaban J connectivity index is 2.90. The van der Waals surface area contributed by atoms with E-state index in [0.29, 0.717) is 12.8 Å². The van der Waals surface area contributed by atoms with Crippen molar-refractivity contribution >= 4 is 11.9 Å². The van der Waals surface area contributed by atoms with Crippen molar-refractivity contribution in [2.75, 3.05) is 0 Å². The predicted molar refractivity (Wildman–Crippen MR) is 78.1 cm³/mol. The van der Waals surface area contributed by atoms with E-state index >= 15 is 0 Å². The van der Waals surface area contributed by atoms with E-state index in [1.54, 1.807) is 0 Å². The Morgan fingerprint density at radius 1 is 1.35 bits per heavy atom. The molecule has 114 valence electrons. The third-order valence-electron chi connectivity index (χ3n) is 4.17. The van der Waals surface area contributed by atoms with E-state index < -0.39 is 11.9 Å². The minimum Gasteiger partial charge on any atom is -0.481 e. The predicted octanol–water partition coefficient (Wildman–Crippen LogP) is 1.68. The fourth-order valence-electron chi connectivity index (χ4n) is 2.96. The van der Waals surface area contributed by atoms with E-state index in [2.05, 4.69) is 25.2 Å². The van der Waals surface area contributed by atoms with Gasteiger partial charge in [0.1, 0.15) is 0 Å². The van der Waals surface area contributed by atoms with Gasteiger partial charge >= 0.3 is 5.97 Å². The zero-order chi connectivity index (χ0) is 15.3. The summed E-state index contributed by atoms with van der Waals surface area (Å²) in [6.07, 6.45) is 4.93. The third-order valence-corrected chi connectivity index (χ3v) is 4.17. The number of hydrogen-bond acceptors (Lipinski definition) is 3. The highest BCUT2D eigenvalue weighted by atomic mass is 16.4. The Hall–Kier alpha value is -1.36. The summed E-state index contributed by atoms with van der Waals surface area (Å²) in [6, 6.07) is -0.346. The van der Waals surface area contributed by atoms with Gasteiger partial charge in [0, 0.05) is 13.0 Å². The van der Waals surface area contributed by atoms with E-state index in [9.17, 15) is 9.59 Å². The lowest BCUT2D eigenvalue weighted by Crippen LogP contribution is -2.43. The van der Waals surface area contributed by atoms with Crippen molar-refractivity contribution in [3.63, 3.8) is 0 Å². The van der Waals surface area contributed by atoms with Crippen molar-refractivity contribution in [3.05, 3.63) is 11.6 Å². The molecular formula is C15H26N2O3. The van der Waals surface area contributed by atoms with Crippen LogP contribution in [0.5, 0.6) is 0 Å². The van der Waals surface area contributed by atoms with Gasteiger partial charge in [0.05, 0.1) is 12.0 Å². The molecule has 4 unspecified atom stereocenters. The third kappa shape index (κ3) is 4.34. The molecule has 0 aromatic rings. The van der Waals surface area contributed by atoms with Gasteiger partial charge in [-0.3, -0.25) is 9.59 Å². The topological polar surface area (TPSA) is 92.4 Å². The lowest BCUT2D eigenvalue weighted by molar-refractivity contribution is -0.141. The van der Waals surface area contributed by atoms with Crippen molar-refractivity contribution < 1.29 is 14.7 Å². The SMILES string of the molecule is CCC(=CC(NC(C)=O)C1CC(C(=O)O)CC1N)CC. The van der Waals surface area contributed by atoms with Gasteiger partial charge in [-0.15, -0.1) is 0 Å². The maximum absolute atomic E-state index is 11.4. The number of hydrogen-bond donors (Lipinski definition) is 3. The molecule has 0 radical (unpaired) electrons. The molecule has 1 aliphatic rings. The lowest BCUT2D eigenvalue weighted by atomic mass is 9.91. The molecule has 0 heterocycles. The van der Waals surface area contributed by atoms with Crippen LogP contribution >= 0.6 is 0 Å². The first-order valence-corrected chi connectivity index (χ1v) is 7.34. The van der Waals surface area contributed by atoms with Gasteiger partial charge in [0.2, 0.25) is 5.91 Å². The highest BCUT2D eigenvalue weighted by Gasteiger charge is 2.39. The summed E-state index contributed by atoms with van der Waals surface area (Å²) in [6.45, 7) is 5.64. The Bertz CT molecular complexity index is 387. The zero-order valence-electron chi connectivity index (χ0n) is 12.6. The van der Waals surface area contributed by atoms with Gasteiger partial charge in [-0.2, -0.15) is 0 Å². The molecule has 0 aromatic heterocycles. The van der Waals surface area contributed by atoms with Crippen LogP contribution in [0.15, 0.2) is 11.6 Å². The standard InChI is InChI=1S/C15H26N2O3/c1-4-10(5-2)6-14(17-9(3)18)12-7-11(15(19)20)8-13(12)16/h6,11-14H,4-5,7-8,16H2,1-3H3,(H,17,18)(H,19,20). The second kappa shape index (κ2) is 7.43. The van der Waals surface area contributed by atoms with E-state index in [4.69, 9.17) is 10.8 Å². The van der Waals surface area contributed by atoms with Gasteiger partial charge in [0.15, 0.2) is 0 Å². The number of carboxylic acid groups (broad SMARTS) is 1. The summed E-state index contributed by atoms with van der Waals surface area (Å²) in [5.41, 5.74) is 7.36. The largest absolute Gasteiger partial charge is 0.481 e. The quantitative estimate of drug-likeness (QED) is 0.646. The van der Waals surface area contributed by atoms with Crippen LogP contribution in [0.25, 0.3) is 0 Å². The normalized spacial score (nSPS) is 26.9. The van der Waals surface area contributed by atoms with Crippen LogP contribution in [-0.4, -0.2) is 29.1 Å². The van der Waals surface area contributed by atoms with Crippen LogP contribution in [0.3, 0.4) is 0 Å². The van der Waals surface area contributed by atoms with E-state index in [-0.39, 0.29) is 23.9 Å². The summed E-state index contributed by atoms with van der Waals surface area (Å²) in [4.78, 5) is 22.5. The molecule has 1 saturated carbocycles. The minimum atomic E-state index is -0.792. The van der Waals surface area contributed by atoms with Crippen molar-refractivity contribution in [2.24, 2.45) is 17.6 Å². The number of nitrogens with one attached hydrogen (secondary N) is 1. The molecule has 4 N–H and O–H groups in total. The van der Waals surface area contributed by atoms with Gasteiger partial charge in [-0.1, -0.05) is 25.5 Å².